The second-order valence-corrected chi connectivity index (χ2v) is 15.9. The first-order valence-electron chi connectivity index (χ1n) is 18.3. The van der Waals surface area contributed by atoms with Gasteiger partial charge in [0.15, 0.2) is 0 Å². The van der Waals surface area contributed by atoms with Crippen LogP contribution in [-0.4, -0.2) is 96.8 Å². The minimum atomic E-state index is -1.21. The quantitative estimate of drug-likeness (QED) is 0.160. The van der Waals surface area contributed by atoms with E-state index in [1.807, 2.05) is 101 Å². The van der Waals surface area contributed by atoms with Crippen LogP contribution in [0, 0.1) is 0 Å². The third-order valence-corrected chi connectivity index (χ3v) is 11.3. The summed E-state index contributed by atoms with van der Waals surface area (Å²) in [5, 5.41) is 38.4. The van der Waals surface area contributed by atoms with Crippen molar-refractivity contribution in [2.24, 2.45) is 0 Å². The van der Waals surface area contributed by atoms with E-state index in [-0.39, 0.29) is 0 Å². The molecule has 1 aliphatic carbocycles. The number of nitrogen functional groups attached to an aromatic ring is 1. The molecular weight excluding hydrogens is 659 g/mol. The molecule has 6 aromatic carbocycles. The summed E-state index contributed by atoms with van der Waals surface area (Å²) >= 11 is 0. The predicted octanol–water partition coefficient (Wildman–Crippen LogP) is 5.62. The molecule has 9 nitrogen and oxygen atoms in total. The average molecular weight is 712 g/mol. The van der Waals surface area contributed by atoms with Gasteiger partial charge in [0.1, 0.15) is 0 Å². The van der Waals surface area contributed by atoms with Gasteiger partial charge in [-0.1, -0.05) is 36.4 Å². The normalized spacial score (nSPS) is 18.5. The first-order valence-corrected chi connectivity index (χ1v) is 18.3. The summed E-state index contributed by atoms with van der Waals surface area (Å²) in [5.74, 6) is -1.59. The summed E-state index contributed by atoms with van der Waals surface area (Å²) in [4.78, 5) is 12.7. The van der Waals surface area contributed by atoms with E-state index in [0.29, 0.717) is 5.69 Å². The van der Waals surface area contributed by atoms with Crippen LogP contribution in [0.4, 0.5) is 39.8 Å². The van der Waals surface area contributed by atoms with Gasteiger partial charge < -0.3 is 45.3 Å². The minimum Gasteiger partial charge on any atom is -0.851 e. The van der Waals surface area contributed by atoms with E-state index in [9.17, 15) is 0 Å². The number of anilines is 7. The second kappa shape index (κ2) is 13.1. The lowest BCUT2D eigenvalue weighted by Gasteiger charge is -2.62. The first-order chi connectivity index (χ1) is 25.1. The van der Waals surface area contributed by atoms with Gasteiger partial charge in [-0.3, -0.25) is 0 Å². The fraction of sp³-hybridized carbons (Fsp3) is 0.364. The summed E-state index contributed by atoms with van der Waals surface area (Å²) in [5.41, 5.74) is 15.3. The molecule has 0 heterocycles. The maximum absolute atomic E-state index is 15.4. The van der Waals surface area contributed by atoms with E-state index in [4.69, 9.17) is 5.73 Å². The summed E-state index contributed by atoms with van der Waals surface area (Å²) in [6.07, 6.45) is -2.41. The van der Waals surface area contributed by atoms with E-state index in [0.717, 1.165) is 88.3 Å². The molecule has 1 saturated carbocycles. The van der Waals surface area contributed by atoms with E-state index in [2.05, 4.69) is 79.9 Å². The smallest absolute Gasteiger partial charge is 0.0563 e. The highest BCUT2D eigenvalue weighted by Gasteiger charge is 2.43. The Kier molecular flexibility index (Phi) is 8.94. The molecule has 2 atom stereocenters. The van der Waals surface area contributed by atoms with Crippen LogP contribution in [0.2, 0.25) is 0 Å². The van der Waals surface area contributed by atoms with Gasteiger partial charge in [-0.15, -0.1) is 12.2 Å². The van der Waals surface area contributed by atoms with Crippen LogP contribution in [0.25, 0.3) is 43.1 Å². The Labute approximate surface area is 314 Å². The predicted molar refractivity (Wildman–Crippen MR) is 226 cm³/mol. The molecule has 0 aromatic heterocycles. The van der Waals surface area contributed by atoms with Crippen LogP contribution in [0.3, 0.4) is 0 Å². The van der Waals surface area contributed by atoms with Crippen LogP contribution in [-0.2, 0) is 0 Å². The highest BCUT2D eigenvalue weighted by Crippen LogP contribution is 2.58. The number of hydrogen-bond acceptors (Lipinski definition) is 9. The van der Waals surface area contributed by atoms with Crippen LogP contribution in [0.15, 0.2) is 66.7 Å². The zero-order valence-corrected chi connectivity index (χ0v) is 33.2. The monoisotopic (exact) mass is 711 g/mol. The van der Waals surface area contributed by atoms with Gasteiger partial charge in [-0.05, 0) is 69.5 Å². The average Bonchev–Trinajstić information content (AvgIpc) is 3.10. The number of rotatable bonds is 8. The van der Waals surface area contributed by atoms with Crippen molar-refractivity contribution in [1.29, 1.82) is 0 Å². The molecule has 0 saturated heterocycles. The summed E-state index contributed by atoms with van der Waals surface area (Å²) in [6.45, 7) is 0. The van der Waals surface area contributed by atoms with Crippen molar-refractivity contribution >= 4 is 82.9 Å². The zero-order valence-electron chi connectivity index (χ0n) is 33.2. The lowest BCUT2D eigenvalue weighted by atomic mass is 9.60. The molecule has 0 spiro atoms. The molecule has 278 valence electrons. The fourth-order valence-corrected chi connectivity index (χ4v) is 9.13. The van der Waals surface area contributed by atoms with E-state index >= 15 is 10.2 Å². The van der Waals surface area contributed by atoms with Crippen molar-refractivity contribution in [3.63, 3.8) is 0 Å². The Morgan fingerprint density at radius 3 is 1.11 bits per heavy atom. The van der Waals surface area contributed by atoms with Gasteiger partial charge in [0.2, 0.25) is 0 Å². The molecule has 0 radical (unpaired) electrons. The highest BCUT2D eigenvalue weighted by atomic mass is 16.3. The van der Waals surface area contributed by atoms with Gasteiger partial charge in [-0.2, -0.15) is 0 Å². The van der Waals surface area contributed by atoms with Crippen molar-refractivity contribution < 1.29 is 10.2 Å². The molecule has 2 N–H and O–H groups in total. The van der Waals surface area contributed by atoms with Crippen LogP contribution in [0.1, 0.15) is 23.0 Å². The fourth-order valence-electron chi connectivity index (χ4n) is 9.13. The molecule has 7 rings (SSSR count). The summed E-state index contributed by atoms with van der Waals surface area (Å²) < 4.78 is 0. The Balaban J connectivity index is 1.59. The highest BCUT2D eigenvalue weighted by molar-refractivity contribution is 6.25. The van der Waals surface area contributed by atoms with Crippen molar-refractivity contribution in [2.45, 2.75) is 24.0 Å². The van der Waals surface area contributed by atoms with E-state index in [1.54, 1.807) is 0 Å². The lowest BCUT2D eigenvalue weighted by Crippen LogP contribution is -2.63. The van der Waals surface area contributed by atoms with Crippen LogP contribution >= 0.6 is 0 Å². The number of nitrogens with two attached hydrogens (primary N) is 1. The SMILES string of the molecule is CN(C)c1cccc2c(C3C([O-])C(c4c5cccc(N(C)C)c5c(N(C)C)c5c(N(C)C)ccc(N)c45)C3[O-])c3cccc(N(C)C)c3c(N(C)C)c12. The number of hydrogen-bond donors (Lipinski definition) is 1. The van der Waals surface area contributed by atoms with Crippen molar-refractivity contribution in [2.75, 3.05) is 120 Å². The molecule has 1 aliphatic rings. The molecule has 0 bridgehead atoms. The van der Waals surface area contributed by atoms with Crippen molar-refractivity contribution in [3.05, 3.63) is 77.9 Å². The lowest BCUT2D eigenvalue weighted by molar-refractivity contribution is -0.535. The first kappa shape index (κ1) is 36.2. The molecule has 1 fully saturated rings. The van der Waals surface area contributed by atoms with Crippen molar-refractivity contribution in [3.8, 4) is 0 Å². The zero-order chi connectivity index (χ0) is 38.4. The Morgan fingerprint density at radius 2 is 0.736 bits per heavy atom. The summed E-state index contributed by atoms with van der Waals surface area (Å²) in [7, 11) is 24.5. The second-order valence-electron chi connectivity index (χ2n) is 15.9. The Bertz CT molecular complexity index is 2320. The van der Waals surface area contributed by atoms with E-state index in [1.165, 1.54) is 0 Å². The van der Waals surface area contributed by atoms with Crippen LogP contribution in [0.5, 0.6) is 0 Å². The molecule has 0 aliphatic heterocycles. The van der Waals surface area contributed by atoms with Crippen LogP contribution < -0.4 is 45.3 Å². The van der Waals surface area contributed by atoms with Gasteiger partial charge in [0, 0.05) is 140 Å². The number of nitrogens with zero attached hydrogens (tertiary/aromatic N) is 6. The van der Waals surface area contributed by atoms with Gasteiger partial charge in [0.05, 0.1) is 11.4 Å². The molecule has 2 unspecified atom stereocenters. The maximum atomic E-state index is 15.4. The number of fused-ring (bicyclic) bond motifs is 4. The van der Waals surface area contributed by atoms with Gasteiger partial charge in [0.25, 0.3) is 0 Å². The van der Waals surface area contributed by atoms with Gasteiger partial charge >= 0.3 is 0 Å². The third-order valence-electron chi connectivity index (χ3n) is 11.3. The molecule has 6 aromatic rings. The standard InChI is InChI=1S/C44H53N7O2/c1-46(2)28-19-13-16-24-32(25-17-14-20-29(47(3)4)34(25)41(33(24)28)50(9)10)39-43(52)40(44(39)53)36-26-18-15-21-30(48(5)6)35(26)42(51(11)12)38-31(49(7)8)23-22-27(45)37(36)38/h13-23,39-40,43-44H,45H2,1-12H3/q-2. The third kappa shape index (κ3) is 5.27. The molecule has 9 heteroatoms. The number of benzene rings is 6. The Morgan fingerprint density at radius 1 is 0.396 bits per heavy atom. The van der Waals surface area contributed by atoms with Gasteiger partial charge in [-0.25, -0.2) is 0 Å². The molecule has 0 amide bonds. The largest absolute Gasteiger partial charge is 0.851 e. The molecule has 53 heavy (non-hydrogen) atoms. The minimum absolute atomic E-state index is 0.571. The molecular formula is C44H53N7O2-2. The topological polar surface area (TPSA) is 91.6 Å². The van der Waals surface area contributed by atoms with Crippen molar-refractivity contribution in [1.82, 2.24) is 0 Å². The van der Waals surface area contributed by atoms with E-state index < -0.39 is 24.0 Å². The summed E-state index contributed by atoms with van der Waals surface area (Å²) in [6, 6.07) is 22.7. The Hall–Kier alpha value is -5.12. The maximum Gasteiger partial charge on any atom is 0.0563 e.